The van der Waals surface area contributed by atoms with E-state index in [1.54, 1.807) is 6.20 Å². The van der Waals surface area contributed by atoms with Gasteiger partial charge in [0.2, 0.25) is 0 Å². The highest BCUT2D eigenvalue weighted by atomic mass is 16.2. The molecule has 0 atom stereocenters. The van der Waals surface area contributed by atoms with Crippen molar-refractivity contribution in [2.45, 2.75) is 25.7 Å². The van der Waals surface area contributed by atoms with Gasteiger partial charge in [0.25, 0.3) is 0 Å². The Morgan fingerprint density at radius 1 is 1.17 bits per heavy atom. The van der Waals surface area contributed by atoms with Crippen LogP contribution in [0.3, 0.4) is 0 Å². The predicted molar refractivity (Wildman–Crippen MR) is 69.4 cm³/mol. The number of nitrogens with two attached hydrogens (primary N) is 1. The van der Waals surface area contributed by atoms with E-state index >= 15 is 0 Å². The molecule has 3 rings (SSSR count). The number of primary amides is 1. The zero-order chi connectivity index (χ0) is 12.7. The first-order valence-corrected chi connectivity index (χ1v) is 6.19. The lowest BCUT2D eigenvalue weighted by Gasteiger charge is -2.18. The first-order chi connectivity index (χ1) is 8.68. The van der Waals surface area contributed by atoms with E-state index in [2.05, 4.69) is 6.07 Å². The van der Waals surface area contributed by atoms with Crippen LogP contribution < -0.4 is 11.2 Å². The van der Waals surface area contributed by atoms with E-state index in [0.29, 0.717) is 0 Å². The molecule has 18 heavy (non-hydrogen) atoms. The van der Waals surface area contributed by atoms with Crippen molar-refractivity contribution in [1.82, 2.24) is 4.57 Å². The van der Waals surface area contributed by atoms with Crippen LogP contribution in [0.2, 0.25) is 0 Å². The van der Waals surface area contributed by atoms with Crippen molar-refractivity contribution in [3.63, 3.8) is 0 Å². The number of nitrogens with one attached hydrogen (secondary N) is 1. The van der Waals surface area contributed by atoms with Gasteiger partial charge in [0.15, 0.2) is 0 Å². The Kier molecular flexibility index (Phi) is 2.44. The van der Waals surface area contributed by atoms with Crippen LogP contribution in [0.25, 0.3) is 10.8 Å². The van der Waals surface area contributed by atoms with Crippen LogP contribution in [-0.2, 0) is 12.8 Å². The van der Waals surface area contributed by atoms with Crippen LogP contribution in [0.5, 0.6) is 0 Å². The van der Waals surface area contributed by atoms with Gasteiger partial charge in [0, 0.05) is 11.6 Å². The van der Waals surface area contributed by atoms with Gasteiger partial charge in [-0.2, -0.15) is 0 Å². The lowest BCUT2D eigenvalue weighted by Crippen LogP contribution is -2.31. The van der Waals surface area contributed by atoms with Gasteiger partial charge in [0.1, 0.15) is 5.49 Å². The molecule has 92 valence electrons. The quantitative estimate of drug-likeness (QED) is 0.726. The summed E-state index contributed by atoms with van der Waals surface area (Å²) in [5.41, 5.74) is 8.14. The van der Waals surface area contributed by atoms with Crippen molar-refractivity contribution >= 4 is 16.8 Å². The molecule has 3 N–H and O–H groups in total. The Morgan fingerprint density at radius 2 is 1.94 bits per heavy atom. The minimum absolute atomic E-state index is 0.174. The molecule has 1 heterocycles. The summed E-state index contributed by atoms with van der Waals surface area (Å²) < 4.78 is 1.18. The SMILES string of the molecule is N=c1c2ccc3c(c2ccn1C(N)=O)CCCC3. The predicted octanol–water partition coefficient (Wildman–Crippen LogP) is 1.93. The number of pyridine rings is 1. The summed E-state index contributed by atoms with van der Waals surface area (Å²) in [4.78, 5) is 11.2. The van der Waals surface area contributed by atoms with Gasteiger partial charge >= 0.3 is 6.03 Å². The van der Waals surface area contributed by atoms with E-state index in [0.717, 1.165) is 23.6 Å². The Balaban J connectivity index is 2.35. The second-order valence-corrected chi connectivity index (χ2v) is 4.74. The van der Waals surface area contributed by atoms with Crippen molar-refractivity contribution in [1.29, 1.82) is 5.41 Å². The molecule has 1 aromatic heterocycles. The Hall–Kier alpha value is -2.10. The molecule has 4 nitrogen and oxygen atoms in total. The third-order valence-electron chi connectivity index (χ3n) is 3.70. The molecule has 0 fully saturated rings. The summed E-state index contributed by atoms with van der Waals surface area (Å²) in [7, 11) is 0. The molecule has 0 spiro atoms. The van der Waals surface area contributed by atoms with Gasteiger partial charge in [0.05, 0.1) is 0 Å². The van der Waals surface area contributed by atoms with Gasteiger partial charge in [-0.1, -0.05) is 12.1 Å². The first kappa shape index (κ1) is 11.0. The van der Waals surface area contributed by atoms with Crippen LogP contribution in [-0.4, -0.2) is 10.6 Å². The van der Waals surface area contributed by atoms with Crippen LogP contribution in [0.15, 0.2) is 24.4 Å². The molecule has 0 unspecified atom stereocenters. The zero-order valence-electron chi connectivity index (χ0n) is 10.1. The van der Waals surface area contributed by atoms with Gasteiger partial charge in [-0.15, -0.1) is 0 Å². The second kappa shape index (κ2) is 3.98. The highest BCUT2D eigenvalue weighted by Crippen LogP contribution is 2.27. The molecule has 1 aliphatic rings. The zero-order valence-corrected chi connectivity index (χ0v) is 10.1. The third-order valence-corrected chi connectivity index (χ3v) is 3.70. The first-order valence-electron chi connectivity index (χ1n) is 6.19. The maximum absolute atomic E-state index is 11.2. The van der Waals surface area contributed by atoms with Gasteiger partial charge in [-0.3, -0.25) is 9.98 Å². The van der Waals surface area contributed by atoms with Crippen LogP contribution >= 0.6 is 0 Å². The highest BCUT2D eigenvalue weighted by Gasteiger charge is 2.14. The van der Waals surface area contributed by atoms with Gasteiger partial charge < -0.3 is 5.73 Å². The summed E-state index contributed by atoms with van der Waals surface area (Å²) >= 11 is 0. The fourth-order valence-corrected chi connectivity index (χ4v) is 2.79. The van der Waals surface area contributed by atoms with E-state index < -0.39 is 6.03 Å². The summed E-state index contributed by atoms with van der Waals surface area (Å²) in [5, 5.41) is 9.94. The highest BCUT2D eigenvalue weighted by molar-refractivity contribution is 5.88. The summed E-state index contributed by atoms with van der Waals surface area (Å²) in [6.45, 7) is 0. The summed E-state index contributed by atoms with van der Waals surface area (Å²) in [6.07, 6.45) is 6.21. The number of aromatic nitrogens is 1. The molecule has 4 heteroatoms. The van der Waals surface area contributed by atoms with Crippen molar-refractivity contribution in [3.8, 4) is 0 Å². The molecule has 0 bridgehead atoms. The normalized spacial score (nSPS) is 14.4. The molecule has 0 aliphatic heterocycles. The van der Waals surface area contributed by atoms with Crippen molar-refractivity contribution < 1.29 is 4.79 Å². The minimum atomic E-state index is -0.611. The van der Waals surface area contributed by atoms with E-state index in [1.165, 1.54) is 28.5 Å². The molecule has 0 radical (unpaired) electrons. The number of amides is 1. The number of fused-ring (bicyclic) bond motifs is 3. The van der Waals surface area contributed by atoms with E-state index in [1.807, 2.05) is 12.1 Å². The number of hydrogen-bond acceptors (Lipinski definition) is 2. The topological polar surface area (TPSA) is 71.9 Å². The van der Waals surface area contributed by atoms with Crippen LogP contribution in [0, 0.1) is 5.41 Å². The summed E-state index contributed by atoms with van der Waals surface area (Å²) in [6, 6.07) is 5.31. The number of aryl methyl sites for hydroxylation is 2. The van der Waals surface area contributed by atoms with Gasteiger partial charge in [-0.05, 0) is 48.3 Å². The van der Waals surface area contributed by atoms with Crippen molar-refractivity contribution in [2.75, 3.05) is 0 Å². The van der Waals surface area contributed by atoms with E-state index in [4.69, 9.17) is 11.1 Å². The van der Waals surface area contributed by atoms with Crippen molar-refractivity contribution in [3.05, 3.63) is 41.0 Å². The number of benzene rings is 1. The minimum Gasteiger partial charge on any atom is -0.351 e. The number of hydrogen-bond donors (Lipinski definition) is 2. The monoisotopic (exact) mass is 241 g/mol. The number of nitrogens with zero attached hydrogens (tertiary/aromatic N) is 1. The van der Waals surface area contributed by atoms with Crippen LogP contribution in [0.1, 0.15) is 24.0 Å². The number of carbonyl (C=O) groups is 1. The smallest absolute Gasteiger partial charge is 0.324 e. The van der Waals surface area contributed by atoms with Gasteiger partial charge in [-0.25, -0.2) is 4.79 Å². The maximum atomic E-state index is 11.2. The summed E-state index contributed by atoms with van der Waals surface area (Å²) in [5.74, 6) is 0. The third kappa shape index (κ3) is 1.53. The maximum Gasteiger partial charge on any atom is 0.324 e. The molecular weight excluding hydrogens is 226 g/mol. The number of carbonyl (C=O) groups excluding carboxylic acids is 1. The largest absolute Gasteiger partial charge is 0.351 e. The fourth-order valence-electron chi connectivity index (χ4n) is 2.79. The van der Waals surface area contributed by atoms with Crippen LogP contribution in [0.4, 0.5) is 4.79 Å². The van der Waals surface area contributed by atoms with E-state index in [-0.39, 0.29) is 5.49 Å². The molecule has 0 saturated heterocycles. The molecular formula is C14H15N3O. The fraction of sp³-hybridized carbons (Fsp3) is 0.286. The lowest BCUT2D eigenvalue weighted by atomic mass is 9.88. The molecule has 1 aromatic carbocycles. The lowest BCUT2D eigenvalue weighted by molar-refractivity contribution is 0.249. The van der Waals surface area contributed by atoms with E-state index in [9.17, 15) is 4.79 Å². The van der Waals surface area contributed by atoms with Crippen molar-refractivity contribution in [2.24, 2.45) is 5.73 Å². The Labute approximate surface area is 105 Å². The molecule has 1 aliphatic carbocycles. The molecule has 2 aromatic rings. The second-order valence-electron chi connectivity index (χ2n) is 4.74. The molecule has 0 saturated carbocycles. The number of rotatable bonds is 0. The average molecular weight is 241 g/mol. The average Bonchev–Trinajstić information content (AvgIpc) is 2.38. The molecule has 1 amide bonds. The standard InChI is InChI=1S/C14H15N3O/c15-13-12-6-5-9-3-1-2-4-10(9)11(12)7-8-17(13)14(16)18/h5-8,15H,1-4H2,(H2,16,18). The Morgan fingerprint density at radius 3 is 2.72 bits per heavy atom. The Bertz CT molecular complexity index is 700.